The fourth-order valence-corrected chi connectivity index (χ4v) is 4.09. The van der Waals surface area contributed by atoms with Gasteiger partial charge in [-0.3, -0.25) is 5.43 Å². The van der Waals surface area contributed by atoms with Crippen molar-refractivity contribution in [2.45, 2.75) is 59.4 Å². The van der Waals surface area contributed by atoms with E-state index in [1.165, 1.54) is 7.11 Å². The Morgan fingerprint density at radius 2 is 1.74 bits per heavy atom. The summed E-state index contributed by atoms with van der Waals surface area (Å²) in [6.45, 7) is 10.1. The smallest absolute Gasteiger partial charge is 0.337 e. The molecule has 12 nitrogen and oxygen atoms in total. The lowest BCUT2D eigenvalue weighted by atomic mass is 9.95. The summed E-state index contributed by atoms with van der Waals surface area (Å²) in [5, 5.41) is 19.9. The molecule has 0 spiro atoms. The molecule has 0 radical (unpaired) electrons. The third-order valence-corrected chi connectivity index (χ3v) is 6.28. The van der Waals surface area contributed by atoms with E-state index in [1.54, 1.807) is 31.3 Å². The predicted octanol–water partition coefficient (Wildman–Crippen LogP) is 3.78. The highest BCUT2D eigenvalue weighted by Crippen LogP contribution is 2.35. The summed E-state index contributed by atoms with van der Waals surface area (Å²) in [4.78, 5) is 24.6. The molecule has 2 amide bonds. The first-order valence-corrected chi connectivity index (χ1v) is 13.9. The van der Waals surface area contributed by atoms with Gasteiger partial charge in [-0.15, -0.1) is 0 Å². The van der Waals surface area contributed by atoms with E-state index in [9.17, 15) is 14.7 Å². The first-order chi connectivity index (χ1) is 20.2. The molecule has 0 unspecified atom stereocenters. The molecule has 0 saturated heterocycles. The third kappa shape index (κ3) is 8.53. The highest BCUT2D eigenvalue weighted by atomic mass is 16.5. The lowest BCUT2D eigenvalue weighted by molar-refractivity contribution is -0.136. The van der Waals surface area contributed by atoms with Crippen LogP contribution in [-0.4, -0.2) is 62.6 Å². The van der Waals surface area contributed by atoms with E-state index in [0.717, 1.165) is 12.0 Å². The molecule has 2 aromatic carbocycles. The van der Waals surface area contributed by atoms with Gasteiger partial charge in [0.25, 0.3) is 0 Å². The van der Waals surface area contributed by atoms with Gasteiger partial charge in [0.2, 0.25) is 0 Å². The van der Waals surface area contributed by atoms with Gasteiger partial charge in [-0.2, -0.15) is 5.10 Å². The van der Waals surface area contributed by atoms with E-state index in [2.05, 4.69) is 28.1 Å². The summed E-state index contributed by atoms with van der Waals surface area (Å²) in [6.07, 6.45) is 1.36. The molecule has 1 aliphatic heterocycles. The molecular weight excluding hydrogens is 544 g/mol. The van der Waals surface area contributed by atoms with Crippen molar-refractivity contribution in [3.05, 3.63) is 58.8 Å². The molecule has 0 saturated carbocycles. The number of amides is 2. The Kier molecular flexibility index (Phi) is 11.9. The van der Waals surface area contributed by atoms with Crippen LogP contribution in [-0.2, 0) is 9.53 Å². The van der Waals surface area contributed by atoms with Crippen molar-refractivity contribution in [2.24, 2.45) is 5.10 Å². The zero-order chi connectivity index (χ0) is 30.6. The minimum atomic E-state index is -1.13. The number of benzene rings is 2. The number of esters is 1. The number of carbonyl (C=O) groups excluding carboxylic acids is 2. The van der Waals surface area contributed by atoms with Crippen LogP contribution in [0.25, 0.3) is 0 Å². The molecule has 3 atom stereocenters. The Balaban J connectivity index is 1.67. The maximum absolute atomic E-state index is 12.4. The Morgan fingerprint density at radius 3 is 2.40 bits per heavy atom. The number of aliphatic hydroxyl groups excluding tert-OH is 1. The second kappa shape index (κ2) is 15.5. The van der Waals surface area contributed by atoms with E-state index in [4.69, 9.17) is 23.7 Å². The van der Waals surface area contributed by atoms with E-state index < -0.39 is 24.3 Å². The van der Waals surface area contributed by atoms with Crippen LogP contribution in [0.2, 0.25) is 0 Å². The number of nitrogens with one attached hydrogen (secondary N) is 3. The summed E-state index contributed by atoms with van der Waals surface area (Å²) >= 11 is 0. The van der Waals surface area contributed by atoms with Crippen LogP contribution >= 0.6 is 0 Å². The van der Waals surface area contributed by atoms with Crippen molar-refractivity contribution in [2.75, 3.05) is 26.9 Å². The summed E-state index contributed by atoms with van der Waals surface area (Å²) in [5.74, 6) is 1.46. The number of urea groups is 1. The molecule has 42 heavy (non-hydrogen) atoms. The van der Waals surface area contributed by atoms with Crippen LogP contribution in [0, 0.1) is 0 Å². The first kappa shape index (κ1) is 32.1. The number of hydrazone groups is 1. The number of rotatable bonds is 15. The van der Waals surface area contributed by atoms with Gasteiger partial charge in [-0.1, -0.05) is 13.0 Å². The molecule has 12 heteroatoms. The van der Waals surface area contributed by atoms with Gasteiger partial charge < -0.3 is 39.4 Å². The SMILES string of the molecule is CCOc1cc([C@@H]2NC(=O)NC(C)=C2C(=O)OC)ccc1OC[C@@H](O)N/N=C\c1ccc(O[C@@H](C)CC)c(OCC)c1. The van der Waals surface area contributed by atoms with Crippen molar-refractivity contribution >= 4 is 18.2 Å². The highest BCUT2D eigenvalue weighted by molar-refractivity contribution is 5.95. The lowest BCUT2D eigenvalue weighted by Gasteiger charge is -2.28. The molecule has 0 fully saturated rings. The number of hydrogen-bond acceptors (Lipinski definition) is 10. The van der Waals surface area contributed by atoms with Gasteiger partial charge in [0.1, 0.15) is 6.61 Å². The van der Waals surface area contributed by atoms with Crippen LogP contribution in [0.3, 0.4) is 0 Å². The average molecular weight is 585 g/mol. The van der Waals surface area contributed by atoms with Crippen LogP contribution in [0.5, 0.6) is 23.0 Å². The van der Waals surface area contributed by atoms with Crippen molar-refractivity contribution in [3.8, 4) is 23.0 Å². The number of carbonyl (C=O) groups is 2. The fraction of sp³-hybridized carbons (Fsp3) is 0.433. The summed E-state index contributed by atoms with van der Waals surface area (Å²) < 4.78 is 28.1. The fourth-order valence-electron chi connectivity index (χ4n) is 4.09. The van der Waals surface area contributed by atoms with Crippen LogP contribution in [0.15, 0.2) is 52.8 Å². The maximum atomic E-state index is 12.4. The minimum Gasteiger partial charge on any atom is -0.490 e. The van der Waals surface area contributed by atoms with E-state index >= 15 is 0 Å². The summed E-state index contributed by atoms with van der Waals surface area (Å²) in [7, 11) is 1.28. The Morgan fingerprint density at radius 1 is 1.05 bits per heavy atom. The van der Waals surface area contributed by atoms with E-state index in [1.807, 2.05) is 39.0 Å². The van der Waals surface area contributed by atoms with Gasteiger partial charge in [0.15, 0.2) is 29.2 Å². The molecule has 0 bridgehead atoms. The lowest BCUT2D eigenvalue weighted by Crippen LogP contribution is -2.45. The van der Waals surface area contributed by atoms with E-state index in [-0.39, 0.29) is 18.3 Å². The molecule has 2 aromatic rings. The average Bonchev–Trinajstić information content (AvgIpc) is 2.97. The highest BCUT2D eigenvalue weighted by Gasteiger charge is 2.32. The first-order valence-electron chi connectivity index (χ1n) is 13.9. The molecule has 0 aromatic heterocycles. The van der Waals surface area contributed by atoms with Crippen molar-refractivity contribution in [3.63, 3.8) is 0 Å². The number of methoxy groups -OCH3 is 1. The molecular formula is C30H40N4O8. The Hall–Kier alpha value is -4.45. The zero-order valence-electron chi connectivity index (χ0n) is 24.9. The minimum absolute atomic E-state index is 0.0591. The molecule has 3 rings (SSSR count). The number of hydrogen-bond donors (Lipinski definition) is 4. The number of nitrogens with zero attached hydrogens (tertiary/aromatic N) is 1. The van der Waals surface area contributed by atoms with Crippen molar-refractivity contribution in [1.82, 2.24) is 16.1 Å². The summed E-state index contributed by atoms with van der Waals surface area (Å²) in [5.41, 5.74) is 4.65. The van der Waals surface area contributed by atoms with Crippen molar-refractivity contribution in [1.29, 1.82) is 0 Å². The normalized spacial score (nSPS) is 16.3. The molecule has 228 valence electrons. The zero-order valence-corrected chi connectivity index (χ0v) is 24.9. The second-order valence-corrected chi connectivity index (χ2v) is 9.39. The van der Waals surface area contributed by atoms with Crippen LogP contribution < -0.4 is 35.0 Å². The van der Waals surface area contributed by atoms with Gasteiger partial charge in [-0.25, -0.2) is 9.59 Å². The largest absolute Gasteiger partial charge is 0.490 e. The number of ether oxygens (including phenoxy) is 5. The monoisotopic (exact) mass is 584 g/mol. The molecule has 4 N–H and O–H groups in total. The Bertz CT molecular complexity index is 1300. The molecule has 0 aliphatic carbocycles. The number of allylic oxidation sites excluding steroid dienone is 1. The number of aliphatic hydroxyl groups is 1. The summed E-state index contributed by atoms with van der Waals surface area (Å²) in [6, 6.07) is 9.32. The third-order valence-electron chi connectivity index (χ3n) is 6.28. The van der Waals surface area contributed by atoms with Gasteiger partial charge in [-0.05, 0) is 75.6 Å². The van der Waals surface area contributed by atoms with Gasteiger partial charge in [0, 0.05) is 5.70 Å². The van der Waals surface area contributed by atoms with Gasteiger partial charge >= 0.3 is 12.0 Å². The quantitative estimate of drug-likeness (QED) is 0.106. The maximum Gasteiger partial charge on any atom is 0.337 e. The van der Waals surface area contributed by atoms with Crippen LogP contribution in [0.1, 0.15) is 58.2 Å². The Labute approximate surface area is 246 Å². The van der Waals surface area contributed by atoms with Gasteiger partial charge in [0.05, 0.1) is 44.3 Å². The molecule has 1 aliphatic rings. The predicted molar refractivity (Wildman–Crippen MR) is 157 cm³/mol. The standard InChI is InChI=1S/C30H40N4O8/c1-7-18(4)42-23-12-10-20(14-24(23)39-8-2)16-31-34-26(35)17-41-22-13-11-21(15-25(22)40-9-3)28-27(29(36)38-6)19(5)32-30(37)33-28/h10-16,18,26,28,34-35H,7-9,17H2,1-6H3,(H2,32,33,37)/b31-16-/t18-,26+,28-/m0/s1. The van der Waals surface area contributed by atoms with Crippen molar-refractivity contribution < 1.29 is 38.4 Å². The topological polar surface area (TPSA) is 149 Å². The molecule has 1 heterocycles. The second-order valence-electron chi connectivity index (χ2n) is 9.39. The van der Waals surface area contributed by atoms with Crippen LogP contribution in [0.4, 0.5) is 4.79 Å². The van der Waals surface area contributed by atoms with E-state index in [0.29, 0.717) is 47.5 Å².